The smallest absolute Gasteiger partial charge is 0.127 e. The molecule has 0 aromatic heterocycles. The Morgan fingerprint density at radius 3 is 2.38 bits per heavy atom. The van der Waals surface area contributed by atoms with Crippen molar-refractivity contribution in [3.8, 4) is 11.5 Å². The average molecular weight is 325 g/mol. The zero-order valence-corrected chi connectivity index (χ0v) is 14.3. The van der Waals surface area contributed by atoms with Gasteiger partial charge in [0, 0.05) is 12.1 Å². The van der Waals surface area contributed by atoms with Crippen LogP contribution in [0, 0.1) is 0 Å². The third-order valence-electron chi connectivity index (χ3n) is 4.73. The number of hydrogen-bond donors (Lipinski definition) is 2. The Kier molecular flexibility index (Phi) is 5.89. The summed E-state index contributed by atoms with van der Waals surface area (Å²) in [5.41, 5.74) is 1.26. The van der Waals surface area contributed by atoms with E-state index >= 15 is 0 Å². The minimum absolute atomic E-state index is 0.204. The van der Waals surface area contributed by atoms with Crippen molar-refractivity contribution in [2.75, 3.05) is 0 Å². The van der Waals surface area contributed by atoms with Crippen LogP contribution in [0.2, 0.25) is 0 Å². The fraction of sp³-hybridized carbons (Fsp3) is 0.429. The van der Waals surface area contributed by atoms with E-state index in [0.717, 1.165) is 43.6 Å². The summed E-state index contributed by atoms with van der Waals surface area (Å²) in [4.78, 5) is 0. The van der Waals surface area contributed by atoms with Gasteiger partial charge in [-0.3, -0.25) is 0 Å². The van der Waals surface area contributed by atoms with Crippen molar-refractivity contribution in [3.63, 3.8) is 0 Å². The number of para-hydroxylation sites is 1. The molecule has 2 aromatic carbocycles. The molecule has 3 atom stereocenters. The number of aliphatic hydroxyl groups is 1. The van der Waals surface area contributed by atoms with Gasteiger partial charge >= 0.3 is 0 Å². The van der Waals surface area contributed by atoms with Crippen LogP contribution in [-0.2, 0) is 0 Å². The molecule has 1 saturated carbocycles. The van der Waals surface area contributed by atoms with Gasteiger partial charge < -0.3 is 15.2 Å². The third kappa shape index (κ3) is 4.37. The number of benzene rings is 2. The van der Waals surface area contributed by atoms with Crippen molar-refractivity contribution < 1.29 is 9.84 Å². The van der Waals surface area contributed by atoms with Crippen LogP contribution in [0.25, 0.3) is 0 Å². The van der Waals surface area contributed by atoms with Crippen LogP contribution in [0.5, 0.6) is 11.5 Å². The molecule has 0 radical (unpaired) electrons. The highest BCUT2D eigenvalue weighted by atomic mass is 16.5. The number of hydrogen-bond acceptors (Lipinski definition) is 3. The summed E-state index contributed by atoms with van der Waals surface area (Å²) >= 11 is 0. The Bertz CT molecular complexity index is 611. The van der Waals surface area contributed by atoms with Gasteiger partial charge in [-0.2, -0.15) is 0 Å². The quantitative estimate of drug-likeness (QED) is 0.766. The van der Waals surface area contributed by atoms with E-state index < -0.39 is 0 Å². The van der Waals surface area contributed by atoms with E-state index in [1.807, 2.05) is 42.5 Å². The fourth-order valence-corrected chi connectivity index (χ4v) is 3.42. The first-order chi connectivity index (χ1) is 11.8. The Balaban J connectivity index is 1.67. The SMILES string of the molecule is CCCC(N[C@H]1CCC[C@H]1O)c1ccc(Oc2ccccc2)cc1. The summed E-state index contributed by atoms with van der Waals surface area (Å²) in [6.07, 6.45) is 5.08. The third-order valence-corrected chi connectivity index (χ3v) is 4.73. The summed E-state index contributed by atoms with van der Waals surface area (Å²) in [7, 11) is 0. The monoisotopic (exact) mass is 325 g/mol. The molecule has 0 bridgehead atoms. The minimum Gasteiger partial charge on any atom is -0.457 e. The van der Waals surface area contributed by atoms with Crippen LogP contribution in [-0.4, -0.2) is 17.3 Å². The molecule has 3 rings (SSSR count). The standard InChI is InChI=1S/C21H27NO2/c1-2-7-19(22-20-10-6-11-21(20)23)16-12-14-18(15-13-16)24-17-8-4-3-5-9-17/h3-5,8-9,12-15,19-23H,2,6-7,10-11H2,1H3/t19?,20-,21+/m0/s1. The van der Waals surface area contributed by atoms with Crippen LogP contribution < -0.4 is 10.1 Å². The number of aliphatic hydroxyl groups excluding tert-OH is 1. The fourth-order valence-electron chi connectivity index (χ4n) is 3.42. The van der Waals surface area contributed by atoms with Gasteiger partial charge in [-0.05, 0) is 55.5 Å². The van der Waals surface area contributed by atoms with E-state index in [1.54, 1.807) is 0 Å². The second-order valence-corrected chi connectivity index (χ2v) is 6.60. The number of ether oxygens (including phenoxy) is 1. The van der Waals surface area contributed by atoms with Crippen molar-refractivity contribution >= 4 is 0 Å². The molecule has 2 aromatic rings. The molecule has 2 N–H and O–H groups in total. The van der Waals surface area contributed by atoms with Crippen LogP contribution in [0.3, 0.4) is 0 Å². The van der Waals surface area contributed by atoms with Gasteiger partial charge in [-0.1, -0.05) is 43.7 Å². The molecule has 128 valence electrons. The maximum Gasteiger partial charge on any atom is 0.127 e. The highest BCUT2D eigenvalue weighted by Crippen LogP contribution is 2.28. The summed E-state index contributed by atoms with van der Waals surface area (Å²) in [5, 5.41) is 13.7. The lowest BCUT2D eigenvalue weighted by atomic mass is 10.0. The molecule has 0 aliphatic heterocycles. The van der Waals surface area contributed by atoms with Gasteiger partial charge in [0.2, 0.25) is 0 Å². The molecule has 0 spiro atoms. The predicted octanol–water partition coefficient (Wildman–Crippen LogP) is 4.82. The summed E-state index contributed by atoms with van der Waals surface area (Å²) in [6.45, 7) is 2.20. The Morgan fingerprint density at radius 2 is 1.75 bits per heavy atom. The minimum atomic E-state index is -0.204. The molecule has 3 nitrogen and oxygen atoms in total. The van der Waals surface area contributed by atoms with Crippen molar-refractivity contribution in [2.45, 2.75) is 57.2 Å². The zero-order chi connectivity index (χ0) is 16.8. The average Bonchev–Trinajstić information content (AvgIpc) is 3.01. The van der Waals surface area contributed by atoms with E-state index in [9.17, 15) is 5.11 Å². The molecular formula is C21H27NO2. The van der Waals surface area contributed by atoms with Gasteiger partial charge in [0.05, 0.1) is 6.10 Å². The van der Waals surface area contributed by atoms with Gasteiger partial charge in [0.25, 0.3) is 0 Å². The Hall–Kier alpha value is -1.84. The summed E-state index contributed by atoms with van der Waals surface area (Å²) in [6, 6.07) is 18.7. The van der Waals surface area contributed by atoms with Crippen molar-refractivity contribution in [1.29, 1.82) is 0 Å². The van der Waals surface area contributed by atoms with Gasteiger partial charge in [-0.15, -0.1) is 0 Å². The van der Waals surface area contributed by atoms with Crippen molar-refractivity contribution in [3.05, 3.63) is 60.2 Å². The van der Waals surface area contributed by atoms with Crippen LogP contribution >= 0.6 is 0 Å². The molecule has 1 aliphatic rings. The molecular weight excluding hydrogens is 298 g/mol. The maximum absolute atomic E-state index is 10.1. The maximum atomic E-state index is 10.1. The van der Waals surface area contributed by atoms with Crippen molar-refractivity contribution in [1.82, 2.24) is 5.32 Å². The summed E-state index contributed by atoms with van der Waals surface area (Å²) in [5.74, 6) is 1.70. The highest BCUT2D eigenvalue weighted by molar-refractivity contribution is 5.34. The molecule has 1 fully saturated rings. The van der Waals surface area contributed by atoms with E-state index in [1.165, 1.54) is 5.56 Å². The van der Waals surface area contributed by atoms with Crippen LogP contribution in [0.1, 0.15) is 50.6 Å². The van der Waals surface area contributed by atoms with E-state index in [0.29, 0.717) is 6.04 Å². The normalized spacial score (nSPS) is 21.6. The van der Waals surface area contributed by atoms with Crippen LogP contribution in [0.15, 0.2) is 54.6 Å². The van der Waals surface area contributed by atoms with E-state index in [4.69, 9.17) is 4.74 Å². The van der Waals surface area contributed by atoms with Gasteiger partial charge in [0.15, 0.2) is 0 Å². The predicted molar refractivity (Wildman–Crippen MR) is 97.4 cm³/mol. The largest absolute Gasteiger partial charge is 0.457 e. The topological polar surface area (TPSA) is 41.5 Å². The lowest BCUT2D eigenvalue weighted by Crippen LogP contribution is -2.38. The number of rotatable bonds is 7. The first kappa shape index (κ1) is 17.0. The molecule has 24 heavy (non-hydrogen) atoms. The lowest BCUT2D eigenvalue weighted by Gasteiger charge is -2.25. The number of nitrogens with one attached hydrogen (secondary N) is 1. The van der Waals surface area contributed by atoms with Crippen LogP contribution in [0.4, 0.5) is 0 Å². The van der Waals surface area contributed by atoms with Gasteiger partial charge in [0.1, 0.15) is 11.5 Å². The molecule has 0 heterocycles. The molecule has 3 heteroatoms. The Morgan fingerprint density at radius 1 is 1.04 bits per heavy atom. The second kappa shape index (κ2) is 8.32. The van der Waals surface area contributed by atoms with Crippen molar-refractivity contribution in [2.24, 2.45) is 0 Å². The molecule has 1 aliphatic carbocycles. The molecule has 1 unspecified atom stereocenters. The van der Waals surface area contributed by atoms with E-state index in [-0.39, 0.29) is 12.1 Å². The summed E-state index contributed by atoms with van der Waals surface area (Å²) < 4.78 is 5.86. The second-order valence-electron chi connectivity index (χ2n) is 6.60. The van der Waals surface area contributed by atoms with E-state index in [2.05, 4.69) is 24.4 Å². The molecule has 0 saturated heterocycles. The first-order valence-corrected chi connectivity index (χ1v) is 9.03. The van der Waals surface area contributed by atoms with Gasteiger partial charge in [-0.25, -0.2) is 0 Å². The highest BCUT2D eigenvalue weighted by Gasteiger charge is 2.27. The first-order valence-electron chi connectivity index (χ1n) is 9.03. The lowest BCUT2D eigenvalue weighted by molar-refractivity contribution is 0.141. The molecule has 0 amide bonds. The zero-order valence-electron chi connectivity index (χ0n) is 14.3. The Labute approximate surface area is 144 Å².